The van der Waals surface area contributed by atoms with Crippen molar-refractivity contribution in [3.63, 3.8) is 0 Å². The van der Waals surface area contributed by atoms with Crippen LogP contribution in [0.1, 0.15) is 10.4 Å². The largest absolute Gasteiger partial charge is 0.366 e. The number of nitrogens with two attached hydrogens (primary N) is 1. The number of primary amides is 1. The van der Waals surface area contributed by atoms with Crippen LogP contribution in [0.5, 0.6) is 0 Å². The maximum Gasteiger partial charge on any atom is 0.250 e. The molecule has 0 aliphatic carbocycles. The minimum atomic E-state index is -0.403. The first-order valence-corrected chi connectivity index (χ1v) is 5.05. The molecule has 0 unspecified atom stereocenters. The van der Waals surface area contributed by atoms with Crippen molar-refractivity contribution >= 4 is 22.3 Å². The molecule has 16 heavy (non-hydrogen) atoms. The average Bonchev–Trinajstić information content (AvgIpc) is 2.66. The zero-order valence-corrected chi connectivity index (χ0v) is 8.55. The van der Waals surface area contributed by atoms with Crippen molar-refractivity contribution in [2.24, 2.45) is 5.73 Å². The molecule has 0 aliphatic heterocycles. The lowest BCUT2D eigenvalue weighted by Crippen LogP contribution is -2.11. The highest BCUT2D eigenvalue weighted by molar-refractivity contribution is 5.94. The van der Waals surface area contributed by atoms with Gasteiger partial charge in [0.15, 0.2) is 0 Å². The topological polar surface area (TPSA) is 47.5 Å². The molecule has 0 radical (unpaired) electrons. The number of carbonyl (C=O) groups excluding carboxylic acids is 1. The molecule has 3 rings (SSSR count). The van der Waals surface area contributed by atoms with Crippen LogP contribution in [0.4, 0.5) is 0 Å². The van der Waals surface area contributed by atoms with Crippen LogP contribution in [-0.2, 0) is 0 Å². The van der Waals surface area contributed by atoms with Crippen LogP contribution in [0.2, 0.25) is 0 Å². The Labute approximate surface area is 92.1 Å². The van der Waals surface area contributed by atoms with E-state index in [-0.39, 0.29) is 0 Å². The summed E-state index contributed by atoms with van der Waals surface area (Å²) in [5.74, 6) is -0.403. The quantitative estimate of drug-likeness (QED) is 0.657. The molecule has 0 aliphatic rings. The van der Waals surface area contributed by atoms with Crippen molar-refractivity contribution in [2.75, 3.05) is 0 Å². The fourth-order valence-corrected chi connectivity index (χ4v) is 1.97. The third-order valence-corrected chi connectivity index (χ3v) is 2.76. The summed E-state index contributed by atoms with van der Waals surface area (Å²) in [5, 5.41) is 1.16. The summed E-state index contributed by atoms with van der Waals surface area (Å²) in [6, 6.07) is 13.8. The second kappa shape index (κ2) is 3.10. The van der Waals surface area contributed by atoms with E-state index in [0.717, 1.165) is 16.4 Å². The van der Waals surface area contributed by atoms with E-state index in [1.54, 1.807) is 12.3 Å². The van der Waals surface area contributed by atoms with Gasteiger partial charge in [0.25, 0.3) is 0 Å². The number of rotatable bonds is 1. The normalized spacial score (nSPS) is 11.0. The summed E-state index contributed by atoms with van der Waals surface area (Å²) in [6.45, 7) is 0. The molecule has 1 aromatic carbocycles. The molecule has 3 nitrogen and oxygen atoms in total. The number of carbonyl (C=O) groups is 1. The van der Waals surface area contributed by atoms with Gasteiger partial charge >= 0.3 is 0 Å². The summed E-state index contributed by atoms with van der Waals surface area (Å²) in [4.78, 5) is 11.1. The molecular weight excluding hydrogens is 200 g/mol. The molecule has 3 heteroatoms. The number of para-hydroxylation sites is 1. The molecule has 78 valence electrons. The predicted molar refractivity (Wildman–Crippen MR) is 63.4 cm³/mol. The number of aromatic nitrogens is 1. The van der Waals surface area contributed by atoms with Gasteiger partial charge in [0.1, 0.15) is 0 Å². The number of pyridine rings is 1. The number of nitrogens with zero attached hydrogens (tertiary/aromatic N) is 1. The Hall–Kier alpha value is -2.29. The Balaban J connectivity index is 2.44. The van der Waals surface area contributed by atoms with E-state index in [0.29, 0.717) is 5.56 Å². The van der Waals surface area contributed by atoms with Crippen LogP contribution in [-0.4, -0.2) is 10.3 Å². The van der Waals surface area contributed by atoms with Gasteiger partial charge in [-0.15, -0.1) is 0 Å². The number of amides is 1. The van der Waals surface area contributed by atoms with Gasteiger partial charge in [-0.1, -0.05) is 18.2 Å². The van der Waals surface area contributed by atoms with Gasteiger partial charge in [0, 0.05) is 17.1 Å². The number of fused-ring (bicyclic) bond motifs is 3. The van der Waals surface area contributed by atoms with E-state index in [2.05, 4.69) is 6.07 Å². The zero-order chi connectivity index (χ0) is 11.1. The maximum absolute atomic E-state index is 11.1. The fourth-order valence-electron chi connectivity index (χ4n) is 1.97. The molecule has 0 saturated heterocycles. The molecule has 0 saturated carbocycles. The first-order chi connectivity index (χ1) is 7.75. The van der Waals surface area contributed by atoms with Crippen molar-refractivity contribution in [3.8, 4) is 0 Å². The van der Waals surface area contributed by atoms with Gasteiger partial charge in [-0.3, -0.25) is 4.79 Å². The highest BCUT2D eigenvalue weighted by atomic mass is 16.1. The van der Waals surface area contributed by atoms with Gasteiger partial charge in [0.2, 0.25) is 5.91 Å². The van der Waals surface area contributed by atoms with Gasteiger partial charge in [0.05, 0.1) is 11.1 Å². The number of benzene rings is 1. The molecule has 0 atom stereocenters. The van der Waals surface area contributed by atoms with Crippen molar-refractivity contribution in [2.45, 2.75) is 0 Å². The first-order valence-electron chi connectivity index (χ1n) is 5.05. The number of hydrogen-bond donors (Lipinski definition) is 1. The monoisotopic (exact) mass is 210 g/mol. The van der Waals surface area contributed by atoms with Crippen LogP contribution in [0, 0.1) is 0 Å². The molecule has 1 amide bonds. The van der Waals surface area contributed by atoms with Crippen LogP contribution >= 0.6 is 0 Å². The Kier molecular flexibility index (Phi) is 1.74. The predicted octanol–water partition coefficient (Wildman–Crippen LogP) is 2.19. The summed E-state index contributed by atoms with van der Waals surface area (Å²) in [5.41, 5.74) is 7.93. The van der Waals surface area contributed by atoms with Gasteiger partial charge in [-0.25, -0.2) is 0 Å². The molecule has 2 heterocycles. The zero-order valence-electron chi connectivity index (χ0n) is 8.55. The minimum Gasteiger partial charge on any atom is -0.366 e. The maximum atomic E-state index is 11.1. The van der Waals surface area contributed by atoms with Gasteiger partial charge in [-0.05, 0) is 24.3 Å². The third-order valence-electron chi connectivity index (χ3n) is 2.76. The van der Waals surface area contributed by atoms with Gasteiger partial charge in [-0.2, -0.15) is 0 Å². The van der Waals surface area contributed by atoms with E-state index in [1.807, 2.05) is 34.7 Å². The second-order valence-electron chi connectivity index (χ2n) is 3.78. The Morgan fingerprint density at radius 1 is 1.12 bits per heavy atom. The lowest BCUT2D eigenvalue weighted by molar-refractivity contribution is 0.1000. The van der Waals surface area contributed by atoms with E-state index < -0.39 is 5.91 Å². The summed E-state index contributed by atoms with van der Waals surface area (Å²) in [7, 11) is 0. The molecule has 0 spiro atoms. The van der Waals surface area contributed by atoms with Crippen LogP contribution in [0.25, 0.3) is 16.4 Å². The molecule has 0 bridgehead atoms. The lowest BCUT2D eigenvalue weighted by atomic mass is 10.2. The summed E-state index contributed by atoms with van der Waals surface area (Å²) >= 11 is 0. The first kappa shape index (κ1) is 8.97. The highest BCUT2D eigenvalue weighted by Crippen LogP contribution is 2.20. The highest BCUT2D eigenvalue weighted by Gasteiger charge is 2.04. The van der Waals surface area contributed by atoms with Crippen molar-refractivity contribution in [1.29, 1.82) is 0 Å². The molecule has 2 aromatic heterocycles. The Bertz CT molecular complexity index is 697. The van der Waals surface area contributed by atoms with Crippen LogP contribution in [0.15, 0.2) is 48.7 Å². The lowest BCUT2D eigenvalue weighted by Gasteiger charge is -1.99. The van der Waals surface area contributed by atoms with E-state index in [1.165, 1.54) is 0 Å². The summed E-state index contributed by atoms with van der Waals surface area (Å²) in [6.07, 6.45) is 1.78. The molecular formula is C13H10N2O. The third kappa shape index (κ3) is 1.18. The molecule has 3 aromatic rings. The molecule has 2 N–H and O–H groups in total. The van der Waals surface area contributed by atoms with E-state index in [9.17, 15) is 4.79 Å². The standard InChI is InChI=1S/C13H10N2O/c14-13(16)10-5-6-11-7-9-3-1-2-4-12(9)15(11)8-10/h1-8H,(H2,14,16). The minimum absolute atomic E-state index is 0.403. The fraction of sp³-hybridized carbons (Fsp3) is 0. The molecule has 0 fully saturated rings. The average molecular weight is 210 g/mol. The van der Waals surface area contributed by atoms with Crippen molar-refractivity contribution < 1.29 is 4.79 Å². The van der Waals surface area contributed by atoms with Crippen molar-refractivity contribution in [1.82, 2.24) is 4.40 Å². The number of hydrogen-bond acceptors (Lipinski definition) is 1. The Morgan fingerprint density at radius 3 is 2.75 bits per heavy atom. The van der Waals surface area contributed by atoms with Crippen molar-refractivity contribution in [3.05, 3.63) is 54.2 Å². The van der Waals surface area contributed by atoms with Crippen LogP contribution in [0.3, 0.4) is 0 Å². The SMILES string of the molecule is NC(=O)c1ccc2cc3ccccc3n2c1. The smallest absolute Gasteiger partial charge is 0.250 e. The van der Waals surface area contributed by atoms with E-state index in [4.69, 9.17) is 5.73 Å². The Morgan fingerprint density at radius 2 is 1.94 bits per heavy atom. The van der Waals surface area contributed by atoms with E-state index >= 15 is 0 Å². The summed E-state index contributed by atoms with van der Waals surface area (Å²) < 4.78 is 1.98. The van der Waals surface area contributed by atoms with Crippen LogP contribution < -0.4 is 5.73 Å². The second-order valence-corrected chi connectivity index (χ2v) is 3.78. The van der Waals surface area contributed by atoms with Gasteiger partial charge < -0.3 is 10.1 Å².